The fourth-order valence-corrected chi connectivity index (χ4v) is 4.45. The van der Waals surface area contributed by atoms with E-state index in [1.54, 1.807) is 7.11 Å². The number of methoxy groups -OCH3 is 1. The number of anilines is 1. The van der Waals surface area contributed by atoms with Crippen LogP contribution in [-0.2, 0) is 11.3 Å². The van der Waals surface area contributed by atoms with Crippen LogP contribution in [0.4, 0.5) is 5.69 Å². The second kappa shape index (κ2) is 9.52. The first-order chi connectivity index (χ1) is 14.6. The van der Waals surface area contributed by atoms with E-state index in [2.05, 4.69) is 53.1 Å². The van der Waals surface area contributed by atoms with Gasteiger partial charge in [0.1, 0.15) is 5.75 Å². The van der Waals surface area contributed by atoms with E-state index in [-0.39, 0.29) is 0 Å². The summed E-state index contributed by atoms with van der Waals surface area (Å²) in [6.45, 7) is 7.45. The Morgan fingerprint density at radius 1 is 1.13 bits per heavy atom. The zero-order valence-corrected chi connectivity index (χ0v) is 18.2. The normalized spacial score (nSPS) is 18.1. The number of piperazine rings is 1. The molecule has 0 aromatic heterocycles. The summed E-state index contributed by atoms with van der Waals surface area (Å²) in [5.41, 5.74) is 2.42. The summed E-state index contributed by atoms with van der Waals surface area (Å²) in [6.07, 6.45) is 2.51. The molecule has 1 heterocycles. The van der Waals surface area contributed by atoms with Crippen molar-refractivity contribution in [2.75, 3.05) is 44.7 Å². The molecule has 1 aliphatic heterocycles. The molecule has 1 atom stereocenters. The van der Waals surface area contributed by atoms with Gasteiger partial charge in [-0.1, -0.05) is 36.4 Å². The van der Waals surface area contributed by atoms with Crippen molar-refractivity contribution in [3.8, 4) is 5.75 Å². The molecule has 1 saturated heterocycles. The Kier molecular flexibility index (Phi) is 6.58. The minimum absolute atomic E-state index is 0.295. The van der Waals surface area contributed by atoms with Crippen LogP contribution < -0.4 is 14.5 Å². The molecule has 160 valence electrons. The van der Waals surface area contributed by atoms with Crippen molar-refractivity contribution in [3.05, 3.63) is 60.2 Å². The molecule has 1 saturated carbocycles. The second-order valence-electron chi connectivity index (χ2n) is 8.70. The lowest BCUT2D eigenvalue weighted by molar-refractivity contribution is -0.892. The number of hydrogen-bond donors (Lipinski definition) is 1. The maximum atomic E-state index is 13.3. The minimum Gasteiger partial charge on any atom is -0.497 e. The molecule has 1 amide bonds. The van der Waals surface area contributed by atoms with E-state index in [0.29, 0.717) is 24.4 Å². The average Bonchev–Trinajstić information content (AvgIpc) is 3.64. The molecule has 5 nitrogen and oxygen atoms in total. The molecule has 2 aliphatic rings. The Balaban J connectivity index is 1.35. The summed E-state index contributed by atoms with van der Waals surface area (Å²) in [5, 5.41) is 0. The van der Waals surface area contributed by atoms with Gasteiger partial charge in [0.15, 0.2) is 6.54 Å². The van der Waals surface area contributed by atoms with Crippen molar-refractivity contribution in [1.82, 2.24) is 4.90 Å². The molecule has 2 fully saturated rings. The number of quaternary nitrogens is 1. The SMILES string of the molecule is COc1cccc(N2CC[NH+](CC(=O)N(Cc3ccccc3)[C@H](C)C3CC3)CC2)c1. The number of nitrogens with one attached hydrogen (secondary N) is 1. The van der Waals surface area contributed by atoms with Gasteiger partial charge in [0.2, 0.25) is 0 Å². The highest BCUT2D eigenvalue weighted by Gasteiger charge is 2.35. The van der Waals surface area contributed by atoms with Crippen LogP contribution in [0.2, 0.25) is 0 Å². The molecule has 30 heavy (non-hydrogen) atoms. The van der Waals surface area contributed by atoms with E-state index in [1.807, 2.05) is 18.2 Å². The van der Waals surface area contributed by atoms with Crippen LogP contribution in [0, 0.1) is 5.92 Å². The van der Waals surface area contributed by atoms with Gasteiger partial charge in [-0.05, 0) is 43.4 Å². The monoisotopic (exact) mass is 408 g/mol. The van der Waals surface area contributed by atoms with Crippen molar-refractivity contribution >= 4 is 11.6 Å². The smallest absolute Gasteiger partial charge is 0.278 e. The van der Waals surface area contributed by atoms with E-state index < -0.39 is 0 Å². The maximum absolute atomic E-state index is 13.3. The van der Waals surface area contributed by atoms with E-state index in [4.69, 9.17) is 4.74 Å². The Hall–Kier alpha value is -2.53. The van der Waals surface area contributed by atoms with Crippen molar-refractivity contribution in [2.45, 2.75) is 32.4 Å². The Morgan fingerprint density at radius 2 is 1.87 bits per heavy atom. The molecule has 2 aromatic rings. The predicted octanol–water partition coefficient (Wildman–Crippen LogP) is 2.23. The van der Waals surface area contributed by atoms with E-state index in [0.717, 1.165) is 38.5 Å². The summed E-state index contributed by atoms with van der Waals surface area (Å²) >= 11 is 0. The van der Waals surface area contributed by atoms with Crippen LogP contribution in [0.1, 0.15) is 25.3 Å². The highest BCUT2D eigenvalue weighted by Crippen LogP contribution is 2.35. The molecule has 0 unspecified atom stereocenters. The lowest BCUT2D eigenvalue weighted by atomic mass is 10.1. The Labute approximate surface area is 180 Å². The zero-order valence-electron chi connectivity index (χ0n) is 18.2. The largest absolute Gasteiger partial charge is 0.497 e. The predicted molar refractivity (Wildman–Crippen MR) is 120 cm³/mol. The van der Waals surface area contributed by atoms with Gasteiger partial charge < -0.3 is 19.4 Å². The first-order valence-electron chi connectivity index (χ1n) is 11.2. The van der Waals surface area contributed by atoms with Crippen LogP contribution in [0.25, 0.3) is 0 Å². The van der Waals surface area contributed by atoms with Gasteiger partial charge in [-0.25, -0.2) is 0 Å². The summed E-state index contributed by atoms with van der Waals surface area (Å²) in [6, 6.07) is 19.0. The van der Waals surface area contributed by atoms with Crippen LogP contribution in [0.15, 0.2) is 54.6 Å². The van der Waals surface area contributed by atoms with Crippen molar-refractivity contribution in [3.63, 3.8) is 0 Å². The van der Waals surface area contributed by atoms with Gasteiger partial charge in [-0.2, -0.15) is 0 Å². The zero-order chi connectivity index (χ0) is 20.9. The lowest BCUT2D eigenvalue weighted by Crippen LogP contribution is -3.16. The third-order valence-electron chi connectivity index (χ3n) is 6.60. The number of amides is 1. The summed E-state index contributed by atoms with van der Waals surface area (Å²) in [4.78, 5) is 19.2. The lowest BCUT2D eigenvalue weighted by Gasteiger charge is -2.35. The number of rotatable bonds is 8. The molecular weight excluding hydrogens is 374 g/mol. The van der Waals surface area contributed by atoms with Crippen LogP contribution in [-0.4, -0.2) is 56.7 Å². The molecular formula is C25H34N3O2+. The molecule has 0 spiro atoms. The molecule has 1 N–H and O–H groups in total. The van der Waals surface area contributed by atoms with Crippen LogP contribution in [0.3, 0.4) is 0 Å². The fourth-order valence-electron chi connectivity index (χ4n) is 4.45. The summed E-state index contributed by atoms with van der Waals surface area (Å²) < 4.78 is 5.36. The number of ether oxygens (including phenoxy) is 1. The van der Waals surface area contributed by atoms with Gasteiger partial charge in [0.25, 0.3) is 5.91 Å². The molecule has 0 radical (unpaired) electrons. The highest BCUT2D eigenvalue weighted by molar-refractivity contribution is 5.77. The standard InChI is InChI=1S/C25H33N3O2/c1-20(22-11-12-22)28(18-21-7-4-3-5-8-21)25(29)19-26-13-15-27(16-14-26)23-9-6-10-24(17-23)30-2/h3-10,17,20,22H,11-16,18-19H2,1-2H3/p+1/t20-/m1/s1. The van der Waals surface area contributed by atoms with Crippen LogP contribution in [0.5, 0.6) is 5.75 Å². The number of carbonyl (C=O) groups excluding carboxylic acids is 1. The number of nitrogens with zero attached hydrogens (tertiary/aromatic N) is 2. The van der Waals surface area contributed by atoms with Gasteiger partial charge in [-0.3, -0.25) is 4.79 Å². The van der Waals surface area contributed by atoms with Crippen molar-refractivity contribution in [2.24, 2.45) is 5.92 Å². The minimum atomic E-state index is 0.295. The van der Waals surface area contributed by atoms with Gasteiger partial charge in [0.05, 0.1) is 33.3 Å². The molecule has 1 aliphatic carbocycles. The van der Waals surface area contributed by atoms with Crippen LogP contribution >= 0.6 is 0 Å². The van der Waals surface area contributed by atoms with Gasteiger partial charge in [0, 0.05) is 24.3 Å². The number of carbonyl (C=O) groups is 1. The summed E-state index contributed by atoms with van der Waals surface area (Å²) in [7, 11) is 1.71. The maximum Gasteiger partial charge on any atom is 0.278 e. The first-order valence-corrected chi connectivity index (χ1v) is 11.2. The molecule has 4 rings (SSSR count). The average molecular weight is 409 g/mol. The molecule has 5 heteroatoms. The Bertz CT molecular complexity index is 829. The number of benzene rings is 2. The molecule has 0 bridgehead atoms. The summed E-state index contributed by atoms with van der Waals surface area (Å²) in [5.74, 6) is 1.86. The van der Waals surface area contributed by atoms with Crippen molar-refractivity contribution in [1.29, 1.82) is 0 Å². The highest BCUT2D eigenvalue weighted by atomic mass is 16.5. The van der Waals surface area contributed by atoms with E-state index in [9.17, 15) is 4.79 Å². The fraction of sp³-hybridized carbons (Fsp3) is 0.480. The number of hydrogen-bond acceptors (Lipinski definition) is 3. The molecule has 2 aromatic carbocycles. The third-order valence-corrected chi connectivity index (χ3v) is 6.60. The van der Waals surface area contributed by atoms with E-state index in [1.165, 1.54) is 29.0 Å². The third kappa shape index (κ3) is 5.14. The van der Waals surface area contributed by atoms with Gasteiger partial charge >= 0.3 is 0 Å². The van der Waals surface area contributed by atoms with Gasteiger partial charge in [-0.15, -0.1) is 0 Å². The second-order valence-corrected chi connectivity index (χ2v) is 8.70. The topological polar surface area (TPSA) is 37.2 Å². The Morgan fingerprint density at radius 3 is 2.53 bits per heavy atom. The van der Waals surface area contributed by atoms with Crippen molar-refractivity contribution < 1.29 is 14.4 Å². The quantitative estimate of drug-likeness (QED) is 0.728. The first kappa shape index (κ1) is 20.7. The van der Waals surface area contributed by atoms with E-state index >= 15 is 0 Å².